The molecule has 0 heterocycles. The van der Waals surface area contributed by atoms with Crippen molar-refractivity contribution >= 4 is 0 Å². The van der Waals surface area contributed by atoms with E-state index >= 15 is 0 Å². The Bertz CT molecular complexity index is 208. The normalized spacial score (nSPS) is 30.0. The second-order valence-electron chi connectivity index (χ2n) is 5.85. The van der Waals surface area contributed by atoms with Gasteiger partial charge in [0.05, 0.1) is 11.7 Å². The zero-order chi connectivity index (χ0) is 11.7. The van der Waals surface area contributed by atoms with Gasteiger partial charge in [-0.1, -0.05) is 13.8 Å². The zero-order valence-corrected chi connectivity index (χ0v) is 10.6. The lowest BCUT2D eigenvalue weighted by atomic mass is 9.64. The summed E-state index contributed by atoms with van der Waals surface area (Å²) in [6.07, 6.45) is 2.24. The number of aliphatic hydroxyl groups is 1. The van der Waals surface area contributed by atoms with Crippen LogP contribution in [0, 0.1) is 5.41 Å². The standard InChI is InChI=1S/C12H25NO2/c1-11(2,14)6-7-13-9-8-10(15-5)12(9,3)4/h9-10,13-14H,6-8H2,1-5H3. The minimum Gasteiger partial charge on any atom is -0.390 e. The summed E-state index contributed by atoms with van der Waals surface area (Å²) in [5.74, 6) is 0. The molecule has 15 heavy (non-hydrogen) atoms. The predicted molar refractivity (Wildman–Crippen MR) is 61.9 cm³/mol. The Morgan fingerprint density at radius 3 is 2.47 bits per heavy atom. The number of nitrogens with one attached hydrogen (secondary N) is 1. The fraction of sp³-hybridized carbons (Fsp3) is 1.00. The number of hydrogen-bond donors (Lipinski definition) is 2. The highest BCUT2D eigenvalue weighted by atomic mass is 16.5. The molecule has 0 bridgehead atoms. The van der Waals surface area contributed by atoms with Crippen molar-refractivity contribution in [3.63, 3.8) is 0 Å². The lowest BCUT2D eigenvalue weighted by Crippen LogP contribution is -2.61. The minimum absolute atomic E-state index is 0.217. The van der Waals surface area contributed by atoms with Gasteiger partial charge in [-0.2, -0.15) is 0 Å². The molecule has 1 rings (SSSR count). The molecule has 2 atom stereocenters. The molecule has 1 saturated carbocycles. The fourth-order valence-electron chi connectivity index (χ4n) is 2.18. The van der Waals surface area contributed by atoms with Crippen molar-refractivity contribution < 1.29 is 9.84 Å². The molecule has 0 aromatic heterocycles. The molecule has 2 unspecified atom stereocenters. The summed E-state index contributed by atoms with van der Waals surface area (Å²) in [7, 11) is 1.78. The highest BCUT2D eigenvalue weighted by Crippen LogP contribution is 2.42. The molecule has 0 amide bonds. The summed E-state index contributed by atoms with van der Waals surface area (Å²) in [6.45, 7) is 9.02. The van der Waals surface area contributed by atoms with Crippen molar-refractivity contribution in [2.45, 2.75) is 58.3 Å². The van der Waals surface area contributed by atoms with E-state index in [1.165, 1.54) is 0 Å². The molecule has 1 fully saturated rings. The maximum atomic E-state index is 9.58. The first-order valence-corrected chi connectivity index (χ1v) is 5.76. The van der Waals surface area contributed by atoms with E-state index in [2.05, 4.69) is 19.2 Å². The highest BCUT2D eigenvalue weighted by Gasteiger charge is 2.48. The molecule has 0 spiro atoms. The Kier molecular flexibility index (Phi) is 3.80. The van der Waals surface area contributed by atoms with E-state index in [9.17, 15) is 5.11 Å². The Morgan fingerprint density at radius 2 is 2.07 bits per heavy atom. The Morgan fingerprint density at radius 1 is 1.47 bits per heavy atom. The van der Waals surface area contributed by atoms with Crippen LogP contribution in [0.2, 0.25) is 0 Å². The average Bonchev–Trinajstić information content (AvgIpc) is 2.08. The van der Waals surface area contributed by atoms with Crippen LogP contribution in [0.3, 0.4) is 0 Å². The summed E-state index contributed by atoms with van der Waals surface area (Å²) >= 11 is 0. The molecule has 0 aliphatic heterocycles. The lowest BCUT2D eigenvalue weighted by Gasteiger charge is -2.51. The molecule has 2 N–H and O–H groups in total. The summed E-state index contributed by atoms with van der Waals surface area (Å²) in [5.41, 5.74) is -0.351. The van der Waals surface area contributed by atoms with Gasteiger partial charge in [-0.05, 0) is 33.2 Å². The smallest absolute Gasteiger partial charge is 0.0652 e. The molecular formula is C12H25NO2. The molecule has 1 aliphatic rings. The van der Waals surface area contributed by atoms with Crippen LogP contribution in [0.15, 0.2) is 0 Å². The van der Waals surface area contributed by atoms with Crippen LogP contribution in [0.25, 0.3) is 0 Å². The van der Waals surface area contributed by atoms with Crippen LogP contribution in [0.1, 0.15) is 40.5 Å². The molecule has 0 saturated heterocycles. The van der Waals surface area contributed by atoms with Crippen molar-refractivity contribution in [2.75, 3.05) is 13.7 Å². The van der Waals surface area contributed by atoms with Crippen LogP contribution >= 0.6 is 0 Å². The molecule has 0 aromatic rings. The van der Waals surface area contributed by atoms with Gasteiger partial charge in [-0.15, -0.1) is 0 Å². The largest absolute Gasteiger partial charge is 0.390 e. The maximum Gasteiger partial charge on any atom is 0.0652 e. The first-order valence-electron chi connectivity index (χ1n) is 5.76. The van der Waals surface area contributed by atoms with Gasteiger partial charge >= 0.3 is 0 Å². The van der Waals surface area contributed by atoms with E-state index in [1.807, 2.05) is 13.8 Å². The molecular weight excluding hydrogens is 190 g/mol. The van der Waals surface area contributed by atoms with E-state index in [0.717, 1.165) is 19.4 Å². The topological polar surface area (TPSA) is 41.5 Å². The second-order valence-corrected chi connectivity index (χ2v) is 5.85. The van der Waals surface area contributed by atoms with Crippen LogP contribution in [0.5, 0.6) is 0 Å². The molecule has 3 heteroatoms. The predicted octanol–water partition coefficient (Wildman–Crippen LogP) is 1.55. The van der Waals surface area contributed by atoms with Gasteiger partial charge in [0.2, 0.25) is 0 Å². The summed E-state index contributed by atoms with van der Waals surface area (Å²) in [5, 5.41) is 13.1. The van der Waals surface area contributed by atoms with E-state index in [4.69, 9.17) is 4.74 Å². The number of rotatable bonds is 5. The third-order valence-corrected chi connectivity index (χ3v) is 3.59. The molecule has 0 radical (unpaired) electrons. The van der Waals surface area contributed by atoms with Gasteiger partial charge in [0, 0.05) is 18.6 Å². The van der Waals surface area contributed by atoms with E-state index in [0.29, 0.717) is 12.1 Å². The van der Waals surface area contributed by atoms with Crippen molar-refractivity contribution in [1.82, 2.24) is 5.32 Å². The number of hydrogen-bond acceptors (Lipinski definition) is 3. The van der Waals surface area contributed by atoms with E-state index < -0.39 is 5.60 Å². The summed E-state index contributed by atoms with van der Waals surface area (Å²) in [6, 6.07) is 0.518. The Labute approximate surface area is 93.2 Å². The third-order valence-electron chi connectivity index (χ3n) is 3.59. The lowest BCUT2D eigenvalue weighted by molar-refractivity contribution is -0.0982. The van der Waals surface area contributed by atoms with Crippen LogP contribution < -0.4 is 5.32 Å². The number of methoxy groups -OCH3 is 1. The molecule has 1 aliphatic carbocycles. The second kappa shape index (κ2) is 4.40. The fourth-order valence-corrected chi connectivity index (χ4v) is 2.18. The van der Waals surface area contributed by atoms with Crippen LogP contribution in [0.4, 0.5) is 0 Å². The van der Waals surface area contributed by atoms with Gasteiger partial charge in [-0.3, -0.25) is 0 Å². The van der Waals surface area contributed by atoms with Crippen molar-refractivity contribution in [3.8, 4) is 0 Å². The highest BCUT2D eigenvalue weighted by molar-refractivity contribution is 5.02. The number of ether oxygens (including phenoxy) is 1. The van der Waals surface area contributed by atoms with Crippen molar-refractivity contribution in [3.05, 3.63) is 0 Å². The monoisotopic (exact) mass is 215 g/mol. The maximum absolute atomic E-state index is 9.58. The van der Waals surface area contributed by atoms with E-state index in [-0.39, 0.29) is 5.41 Å². The van der Waals surface area contributed by atoms with Gasteiger partial charge in [0.25, 0.3) is 0 Å². The van der Waals surface area contributed by atoms with Crippen LogP contribution in [-0.2, 0) is 4.74 Å². The summed E-state index contributed by atoms with van der Waals surface area (Å²) < 4.78 is 5.39. The zero-order valence-electron chi connectivity index (χ0n) is 10.6. The van der Waals surface area contributed by atoms with Crippen molar-refractivity contribution in [2.24, 2.45) is 5.41 Å². The summed E-state index contributed by atoms with van der Waals surface area (Å²) in [4.78, 5) is 0. The molecule has 3 nitrogen and oxygen atoms in total. The average molecular weight is 215 g/mol. The van der Waals surface area contributed by atoms with E-state index in [1.54, 1.807) is 7.11 Å². The van der Waals surface area contributed by atoms with Gasteiger partial charge < -0.3 is 15.2 Å². The molecule has 90 valence electrons. The first-order chi connectivity index (χ1) is 6.77. The van der Waals surface area contributed by atoms with Crippen LogP contribution in [-0.4, -0.2) is 36.5 Å². The minimum atomic E-state index is -0.568. The van der Waals surface area contributed by atoms with Gasteiger partial charge in [0.1, 0.15) is 0 Å². The SMILES string of the molecule is COC1CC(NCCC(C)(C)O)C1(C)C. The Balaban J connectivity index is 2.25. The van der Waals surface area contributed by atoms with Gasteiger partial charge in [-0.25, -0.2) is 0 Å². The van der Waals surface area contributed by atoms with Gasteiger partial charge in [0.15, 0.2) is 0 Å². The Hall–Kier alpha value is -0.120. The third kappa shape index (κ3) is 3.16. The molecule has 0 aromatic carbocycles. The van der Waals surface area contributed by atoms with Crippen molar-refractivity contribution in [1.29, 1.82) is 0 Å². The quantitative estimate of drug-likeness (QED) is 0.731. The first kappa shape index (κ1) is 12.9.